The molecule has 2 aliphatic heterocycles. The number of rotatable bonds is 5. The first-order valence-electron chi connectivity index (χ1n) is 12.4. The molecule has 3 fully saturated rings. The van der Waals surface area contributed by atoms with Crippen LogP contribution in [-0.4, -0.2) is 52.8 Å². The van der Waals surface area contributed by atoms with Crippen molar-refractivity contribution in [2.45, 2.75) is 63.5 Å². The van der Waals surface area contributed by atoms with E-state index < -0.39 is 12.1 Å². The van der Waals surface area contributed by atoms with Gasteiger partial charge >= 0.3 is 0 Å². The molecule has 5 rings (SSSR count). The van der Waals surface area contributed by atoms with Gasteiger partial charge in [-0.3, -0.25) is 14.4 Å². The summed E-state index contributed by atoms with van der Waals surface area (Å²) in [4.78, 5) is 44.0. The summed E-state index contributed by atoms with van der Waals surface area (Å²) in [5.41, 5.74) is 1.02. The predicted molar refractivity (Wildman–Crippen MR) is 132 cm³/mol. The summed E-state index contributed by atoms with van der Waals surface area (Å²) in [6, 6.07) is 7.98. The van der Waals surface area contributed by atoms with Crippen LogP contribution in [0, 0.1) is 22.7 Å². The third kappa shape index (κ3) is 4.62. The molecule has 3 aliphatic rings. The predicted octanol–water partition coefficient (Wildman–Crippen LogP) is 3.52. The number of carbonyl (C=O) groups is 3. The Balaban J connectivity index is 1.38. The Labute approximate surface area is 209 Å². The molecule has 1 unspecified atom stereocenters. The van der Waals surface area contributed by atoms with Crippen LogP contribution in [0.2, 0.25) is 5.02 Å². The quantitative estimate of drug-likeness (QED) is 0.588. The average molecular weight is 496 g/mol. The molecule has 8 nitrogen and oxygen atoms in total. The van der Waals surface area contributed by atoms with Crippen molar-refractivity contribution >= 4 is 40.2 Å². The van der Waals surface area contributed by atoms with Crippen LogP contribution >= 0.6 is 11.6 Å². The van der Waals surface area contributed by atoms with E-state index in [0.29, 0.717) is 42.2 Å². The number of nitriles is 1. The van der Waals surface area contributed by atoms with E-state index in [2.05, 4.69) is 21.7 Å². The molecule has 3 amide bonds. The van der Waals surface area contributed by atoms with Crippen LogP contribution in [0.3, 0.4) is 0 Å². The van der Waals surface area contributed by atoms with Gasteiger partial charge in [0.1, 0.15) is 17.8 Å². The summed E-state index contributed by atoms with van der Waals surface area (Å²) in [5.74, 6) is -0.902. The van der Waals surface area contributed by atoms with Gasteiger partial charge in [-0.05, 0) is 49.7 Å². The van der Waals surface area contributed by atoms with Crippen LogP contribution < -0.4 is 10.6 Å². The van der Waals surface area contributed by atoms with Gasteiger partial charge in [0.05, 0.1) is 16.6 Å². The molecule has 0 bridgehead atoms. The van der Waals surface area contributed by atoms with Crippen LogP contribution in [0.25, 0.3) is 10.9 Å². The van der Waals surface area contributed by atoms with E-state index in [9.17, 15) is 19.6 Å². The zero-order chi connectivity index (χ0) is 24.6. The topological polar surface area (TPSA) is 118 Å². The number of halogens is 1. The van der Waals surface area contributed by atoms with Gasteiger partial charge in [-0.25, -0.2) is 0 Å². The Hall–Kier alpha value is -3.05. The molecule has 184 valence electrons. The van der Waals surface area contributed by atoms with E-state index in [1.807, 2.05) is 12.1 Å². The van der Waals surface area contributed by atoms with E-state index in [1.165, 1.54) is 6.42 Å². The van der Waals surface area contributed by atoms with Gasteiger partial charge in [-0.2, -0.15) is 5.26 Å². The highest BCUT2D eigenvalue weighted by molar-refractivity contribution is 6.35. The molecule has 2 saturated heterocycles. The van der Waals surface area contributed by atoms with Crippen molar-refractivity contribution in [2.24, 2.45) is 11.3 Å². The first kappa shape index (κ1) is 23.7. The third-order valence-electron chi connectivity index (χ3n) is 7.98. The fourth-order valence-corrected chi connectivity index (χ4v) is 6.35. The zero-order valence-electron chi connectivity index (χ0n) is 19.6. The number of aromatic amines is 1. The van der Waals surface area contributed by atoms with Gasteiger partial charge in [0.25, 0.3) is 5.91 Å². The average Bonchev–Trinajstić information content (AvgIpc) is 3.57. The molecule has 9 heteroatoms. The van der Waals surface area contributed by atoms with Crippen molar-refractivity contribution in [3.8, 4) is 6.07 Å². The fourth-order valence-electron chi connectivity index (χ4n) is 6.12. The Kier molecular flexibility index (Phi) is 6.45. The Morgan fingerprint density at radius 3 is 2.77 bits per heavy atom. The van der Waals surface area contributed by atoms with E-state index in [1.54, 1.807) is 17.0 Å². The van der Waals surface area contributed by atoms with E-state index in [0.717, 1.165) is 31.1 Å². The second-order valence-corrected chi connectivity index (χ2v) is 10.7. The van der Waals surface area contributed by atoms with Crippen LogP contribution in [0.15, 0.2) is 24.3 Å². The summed E-state index contributed by atoms with van der Waals surface area (Å²) >= 11 is 6.30. The Morgan fingerprint density at radius 2 is 2.09 bits per heavy atom. The molecule has 3 heterocycles. The first-order valence-corrected chi connectivity index (χ1v) is 12.8. The second kappa shape index (κ2) is 9.54. The van der Waals surface area contributed by atoms with Gasteiger partial charge in [0, 0.05) is 24.4 Å². The highest BCUT2D eigenvalue weighted by Crippen LogP contribution is 2.46. The first-order chi connectivity index (χ1) is 16.9. The molecule has 0 radical (unpaired) electrons. The molecule has 1 spiro atoms. The molecule has 1 aliphatic carbocycles. The van der Waals surface area contributed by atoms with Crippen molar-refractivity contribution in [1.82, 2.24) is 20.5 Å². The maximum atomic E-state index is 13.7. The number of hydrogen-bond donors (Lipinski definition) is 3. The lowest BCUT2D eigenvalue weighted by molar-refractivity contribution is -0.126. The van der Waals surface area contributed by atoms with Crippen molar-refractivity contribution in [3.05, 3.63) is 35.0 Å². The standard InChI is InChI=1S/C26H30ClN5O3/c27-19-6-4-5-16-12-20(31-22(16)19)25(35)32-15-26(8-2-1-3-9-26)13-21(32)24(34)30-18(14-28)11-17-7-10-29-23(17)33/h4-6,12,17-18,21,31H,1-3,7-11,13,15H2,(H,29,33)(H,30,34)/t17-,18-,21?/m0/s1. The Bertz CT molecular complexity index is 1200. The number of carbonyl (C=O) groups excluding carboxylic acids is 3. The number of benzene rings is 1. The van der Waals surface area contributed by atoms with Gasteiger partial charge in [0.15, 0.2) is 0 Å². The third-order valence-corrected chi connectivity index (χ3v) is 8.29. The second-order valence-electron chi connectivity index (χ2n) is 10.3. The highest BCUT2D eigenvalue weighted by Gasteiger charge is 2.49. The molecule has 2 aromatic rings. The smallest absolute Gasteiger partial charge is 0.271 e. The monoisotopic (exact) mass is 495 g/mol. The van der Waals surface area contributed by atoms with Crippen molar-refractivity contribution in [3.63, 3.8) is 0 Å². The lowest BCUT2D eigenvalue weighted by Crippen LogP contribution is -2.49. The maximum Gasteiger partial charge on any atom is 0.271 e. The Morgan fingerprint density at radius 1 is 1.29 bits per heavy atom. The maximum absolute atomic E-state index is 13.7. The summed E-state index contributed by atoms with van der Waals surface area (Å²) in [6.45, 7) is 1.12. The minimum absolute atomic E-state index is 0.0733. The van der Waals surface area contributed by atoms with Crippen LogP contribution in [-0.2, 0) is 9.59 Å². The van der Waals surface area contributed by atoms with Crippen LogP contribution in [0.5, 0.6) is 0 Å². The molecule has 35 heavy (non-hydrogen) atoms. The molecule has 3 N–H and O–H groups in total. The van der Waals surface area contributed by atoms with Crippen molar-refractivity contribution in [1.29, 1.82) is 5.26 Å². The number of nitrogens with one attached hydrogen (secondary N) is 3. The van der Waals surface area contributed by atoms with Gasteiger partial charge < -0.3 is 20.5 Å². The minimum atomic E-state index is -0.775. The molecular weight excluding hydrogens is 466 g/mol. The van der Waals surface area contributed by atoms with Gasteiger partial charge in [-0.1, -0.05) is 43.0 Å². The molecule has 1 saturated carbocycles. The number of hydrogen-bond acceptors (Lipinski definition) is 4. The molecular formula is C26H30ClN5O3. The van der Waals surface area contributed by atoms with E-state index in [4.69, 9.17) is 11.6 Å². The summed E-state index contributed by atoms with van der Waals surface area (Å²) in [5, 5.41) is 16.7. The summed E-state index contributed by atoms with van der Waals surface area (Å²) in [7, 11) is 0. The number of aromatic nitrogens is 1. The van der Waals surface area contributed by atoms with E-state index in [-0.39, 0.29) is 35.5 Å². The fraction of sp³-hybridized carbons (Fsp3) is 0.538. The van der Waals surface area contributed by atoms with E-state index >= 15 is 0 Å². The number of para-hydroxylation sites is 1. The molecule has 3 atom stereocenters. The highest BCUT2D eigenvalue weighted by atomic mass is 35.5. The number of fused-ring (bicyclic) bond motifs is 1. The van der Waals surface area contributed by atoms with Gasteiger partial charge in [-0.15, -0.1) is 0 Å². The lowest BCUT2D eigenvalue weighted by Gasteiger charge is -2.32. The SMILES string of the molecule is N#C[C@H](C[C@@H]1CCNC1=O)NC(=O)C1CC2(CCCCC2)CN1C(=O)c1cc2cccc(Cl)c2[nH]1. The zero-order valence-corrected chi connectivity index (χ0v) is 20.4. The summed E-state index contributed by atoms with van der Waals surface area (Å²) in [6.07, 6.45) is 6.87. The number of likely N-dealkylation sites (tertiary alicyclic amines) is 1. The van der Waals surface area contributed by atoms with Gasteiger partial charge in [0.2, 0.25) is 11.8 Å². The molecule has 1 aromatic carbocycles. The number of amides is 3. The summed E-state index contributed by atoms with van der Waals surface area (Å²) < 4.78 is 0. The largest absolute Gasteiger partial charge is 0.356 e. The number of H-pyrrole nitrogens is 1. The minimum Gasteiger partial charge on any atom is -0.356 e. The van der Waals surface area contributed by atoms with Crippen LogP contribution in [0.4, 0.5) is 0 Å². The van der Waals surface area contributed by atoms with Crippen molar-refractivity contribution in [2.75, 3.05) is 13.1 Å². The normalized spacial score (nSPS) is 24.3. The van der Waals surface area contributed by atoms with Crippen molar-refractivity contribution < 1.29 is 14.4 Å². The number of nitrogens with zero attached hydrogens (tertiary/aromatic N) is 2. The molecule has 1 aromatic heterocycles. The van der Waals surface area contributed by atoms with Crippen LogP contribution in [0.1, 0.15) is 61.9 Å². The lowest BCUT2D eigenvalue weighted by atomic mass is 9.72.